The van der Waals surface area contributed by atoms with E-state index in [1.807, 2.05) is 0 Å². The van der Waals surface area contributed by atoms with Gasteiger partial charge in [-0.2, -0.15) is 0 Å². The van der Waals surface area contributed by atoms with Crippen molar-refractivity contribution in [3.63, 3.8) is 0 Å². The Kier molecular flexibility index (Phi) is 3.16. The summed E-state index contributed by atoms with van der Waals surface area (Å²) in [6.45, 7) is 3.21. The molecule has 98 valence electrons. The number of nitrogens with zero attached hydrogens (tertiary/aromatic N) is 1. The van der Waals surface area contributed by atoms with Crippen LogP contribution < -0.4 is 10.2 Å². The largest absolute Gasteiger partial charge is 0.383 e. The first-order chi connectivity index (χ1) is 9.25. The highest BCUT2D eigenvalue weighted by Gasteiger charge is 2.15. The summed E-state index contributed by atoms with van der Waals surface area (Å²) in [7, 11) is 2.14. The van der Waals surface area contributed by atoms with Gasteiger partial charge in [0.1, 0.15) is 0 Å². The number of nitrogens with one attached hydrogen (secondary N) is 1. The van der Waals surface area contributed by atoms with Crippen molar-refractivity contribution in [2.24, 2.45) is 0 Å². The third-order valence-electron chi connectivity index (χ3n) is 3.80. The number of benzene rings is 2. The lowest BCUT2D eigenvalue weighted by Gasteiger charge is -2.27. The lowest BCUT2D eigenvalue weighted by molar-refractivity contribution is 0.829. The molecule has 0 aliphatic carbocycles. The molecule has 0 amide bonds. The van der Waals surface area contributed by atoms with E-state index in [2.05, 4.69) is 66.7 Å². The highest BCUT2D eigenvalue weighted by Crippen LogP contribution is 2.35. The van der Waals surface area contributed by atoms with E-state index in [9.17, 15) is 0 Å². The summed E-state index contributed by atoms with van der Waals surface area (Å²) in [5.41, 5.74) is 6.53. The van der Waals surface area contributed by atoms with E-state index in [1.54, 1.807) is 0 Å². The highest BCUT2D eigenvalue weighted by atomic mass is 15.1. The molecule has 3 rings (SSSR count). The summed E-state index contributed by atoms with van der Waals surface area (Å²) < 4.78 is 0. The van der Waals surface area contributed by atoms with E-state index < -0.39 is 0 Å². The summed E-state index contributed by atoms with van der Waals surface area (Å²) >= 11 is 0. The van der Waals surface area contributed by atoms with Crippen LogP contribution in [0.2, 0.25) is 0 Å². The number of para-hydroxylation sites is 1. The van der Waals surface area contributed by atoms with E-state index in [-0.39, 0.29) is 0 Å². The Bertz CT molecular complexity index is 590. The molecule has 0 radical (unpaired) electrons. The van der Waals surface area contributed by atoms with Crippen LogP contribution in [0.1, 0.15) is 17.5 Å². The fourth-order valence-corrected chi connectivity index (χ4v) is 2.75. The standard InChI is InChI=1S/C17H20N2/c1-13-6-3-9-15(12-13)19(2)16-10-4-7-14-8-5-11-18-17(14)16/h3-4,6-7,9-10,12,18H,5,8,11H2,1-2H3. The molecule has 19 heavy (non-hydrogen) atoms. The molecule has 2 heteroatoms. The number of fused-ring (bicyclic) bond motifs is 1. The maximum Gasteiger partial charge on any atom is 0.0646 e. The van der Waals surface area contributed by atoms with E-state index in [4.69, 9.17) is 0 Å². The van der Waals surface area contributed by atoms with Gasteiger partial charge in [-0.25, -0.2) is 0 Å². The zero-order valence-corrected chi connectivity index (χ0v) is 11.6. The first kappa shape index (κ1) is 12.1. The van der Waals surface area contributed by atoms with Gasteiger partial charge in [-0.15, -0.1) is 0 Å². The quantitative estimate of drug-likeness (QED) is 0.865. The molecule has 1 aliphatic heterocycles. The van der Waals surface area contributed by atoms with Crippen molar-refractivity contribution in [3.05, 3.63) is 53.6 Å². The topological polar surface area (TPSA) is 15.3 Å². The van der Waals surface area contributed by atoms with Crippen LogP contribution >= 0.6 is 0 Å². The van der Waals surface area contributed by atoms with E-state index in [1.165, 1.54) is 41.0 Å². The summed E-state index contributed by atoms with van der Waals surface area (Å²) in [5.74, 6) is 0. The van der Waals surface area contributed by atoms with Gasteiger partial charge in [0.2, 0.25) is 0 Å². The monoisotopic (exact) mass is 252 g/mol. The number of rotatable bonds is 2. The zero-order chi connectivity index (χ0) is 13.2. The maximum atomic E-state index is 3.55. The molecule has 1 heterocycles. The Morgan fingerprint density at radius 1 is 1.11 bits per heavy atom. The van der Waals surface area contributed by atoms with Crippen molar-refractivity contribution in [3.8, 4) is 0 Å². The Hall–Kier alpha value is -1.96. The van der Waals surface area contributed by atoms with Crippen molar-refractivity contribution < 1.29 is 0 Å². The fourth-order valence-electron chi connectivity index (χ4n) is 2.75. The van der Waals surface area contributed by atoms with Crippen molar-refractivity contribution in [2.45, 2.75) is 19.8 Å². The van der Waals surface area contributed by atoms with Gasteiger partial charge in [0, 0.05) is 19.3 Å². The average Bonchev–Trinajstić information content (AvgIpc) is 2.46. The first-order valence-electron chi connectivity index (χ1n) is 6.92. The molecule has 2 aromatic rings. The second-order valence-corrected chi connectivity index (χ2v) is 5.24. The molecule has 0 saturated heterocycles. The zero-order valence-electron chi connectivity index (χ0n) is 11.6. The first-order valence-corrected chi connectivity index (χ1v) is 6.92. The van der Waals surface area contributed by atoms with Crippen molar-refractivity contribution in [2.75, 3.05) is 23.8 Å². The van der Waals surface area contributed by atoms with Gasteiger partial charge in [-0.1, -0.05) is 24.3 Å². The lowest BCUT2D eigenvalue weighted by Crippen LogP contribution is -2.17. The maximum absolute atomic E-state index is 3.55. The van der Waals surface area contributed by atoms with Crippen LogP contribution in [0.4, 0.5) is 17.1 Å². The molecule has 0 aromatic heterocycles. The minimum atomic E-state index is 1.08. The molecular weight excluding hydrogens is 232 g/mol. The summed E-state index contributed by atoms with van der Waals surface area (Å²) in [5, 5.41) is 3.55. The van der Waals surface area contributed by atoms with Gasteiger partial charge in [-0.3, -0.25) is 0 Å². The second-order valence-electron chi connectivity index (χ2n) is 5.24. The lowest BCUT2D eigenvalue weighted by atomic mass is 10.0. The predicted octanol–water partition coefficient (Wildman–Crippen LogP) is 4.12. The minimum absolute atomic E-state index is 1.08. The SMILES string of the molecule is Cc1cccc(N(C)c2cccc3c2NCCC3)c1. The van der Waals surface area contributed by atoms with Gasteiger partial charge in [-0.05, 0) is 49.1 Å². The number of hydrogen-bond donors (Lipinski definition) is 1. The molecule has 0 fully saturated rings. The second kappa shape index (κ2) is 4.96. The Morgan fingerprint density at radius 2 is 1.95 bits per heavy atom. The van der Waals surface area contributed by atoms with Gasteiger partial charge in [0.25, 0.3) is 0 Å². The van der Waals surface area contributed by atoms with Crippen molar-refractivity contribution >= 4 is 17.1 Å². The van der Waals surface area contributed by atoms with Crippen LogP contribution in [0.3, 0.4) is 0 Å². The fraction of sp³-hybridized carbons (Fsp3) is 0.294. The molecule has 0 atom stereocenters. The van der Waals surface area contributed by atoms with Crippen LogP contribution in [0.25, 0.3) is 0 Å². The van der Waals surface area contributed by atoms with Crippen molar-refractivity contribution in [1.29, 1.82) is 0 Å². The Morgan fingerprint density at radius 3 is 2.79 bits per heavy atom. The van der Waals surface area contributed by atoms with Crippen LogP contribution in [0, 0.1) is 6.92 Å². The van der Waals surface area contributed by atoms with Crippen LogP contribution in [-0.2, 0) is 6.42 Å². The summed E-state index contributed by atoms with van der Waals surface area (Å²) in [6, 6.07) is 15.2. The van der Waals surface area contributed by atoms with Gasteiger partial charge >= 0.3 is 0 Å². The number of anilines is 3. The van der Waals surface area contributed by atoms with Crippen molar-refractivity contribution in [1.82, 2.24) is 0 Å². The smallest absolute Gasteiger partial charge is 0.0646 e. The minimum Gasteiger partial charge on any atom is -0.383 e. The average molecular weight is 252 g/mol. The van der Waals surface area contributed by atoms with Crippen LogP contribution in [0.15, 0.2) is 42.5 Å². The van der Waals surface area contributed by atoms with E-state index in [0.717, 1.165) is 6.54 Å². The molecule has 1 N–H and O–H groups in total. The number of aryl methyl sites for hydroxylation is 2. The Labute approximate surface area is 115 Å². The molecule has 2 aromatic carbocycles. The van der Waals surface area contributed by atoms with Gasteiger partial charge < -0.3 is 10.2 Å². The molecule has 0 spiro atoms. The van der Waals surface area contributed by atoms with Gasteiger partial charge in [0.15, 0.2) is 0 Å². The van der Waals surface area contributed by atoms with Gasteiger partial charge in [0.05, 0.1) is 11.4 Å². The summed E-state index contributed by atoms with van der Waals surface area (Å²) in [4.78, 5) is 2.27. The predicted molar refractivity (Wildman–Crippen MR) is 82.5 cm³/mol. The highest BCUT2D eigenvalue weighted by molar-refractivity contribution is 5.79. The van der Waals surface area contributed by atoms with Crippen LogP contribution in [-0.4, -0.2) is 13.6 Å². The molecular formula is C17H20N2. The summed E-state index contributed by atoms with van der Waals surface area (Å²) in [6.07, 6.45) is 2.41. The Balaban J connectivity index is 2.02. The normalized spacial score (nSPS) is 13.6. The number of hydrogen-bond acceptors (Lipinski definition) is 2. The van der Waals surface area contributed by atoms with Crippen LogP contribution in [0.5, 0.6) is 0 Å². The van der Waals surface area contributed by atoms with E-state index >= 15 is 0 Å². The van der Waals surface area contributed by atoms with E-state index in [0.29, 0.717) is 0 Å². The third-order valence-corrected chi connectivity index (χ3v) is 3.80. The molecule has 0 bridgehead atoms. The molecule has 0 saturated carbocycles. The molecule has 0 unspecified atom stereocenters. The molecule has 2 nitrogen and oxygen atoms in total. The third kappa shape index (κ3) is 2.30. The molecule has 1 aliphatic rings.